The molecule has 5 nitrogen and oxygen atoms in total. The number of methoxy groups -OCH3 is 1. The zero-order valence-corrected chi connectivity index (χ0v) is 7.91. The molecule has 1 aromatic carbocycles. The van der Waals surface area contributed by atoms with Gasteiger partial charge in [-0.15, -0.1) is 0 Å². The fourth-order valence-corrected chi connectivity index (χ4v) is 1.04. The lowest BCUT2D eigenvalue weighted by Gasteiger charge is -2.07. The fraction of sp³-hybridized carbons (Fsp3) is 0.111. The highest BCUT2D eigenvalue weighted by molar-refractivity contribution is 6.00. The maximum absolute atomic E-state index is 12.8. The molecule has 0 bridgehead atoms. The van der Waals surface area contributed by atoms with Gasteiger partial charge >= 0.3 is 12.0 Å². The highest BCUT2D eigenvalue weighted by atomic mass is 19.1. The summed E-state index contributed by atoms with van der Waals surface area (Å²) in [6.07, 6.45) is 0. The maximum Gasteiger partial charge on any atom is 0.340 e. The monoisotopic (exact) mass is 212 g/mol. The second-order valence-electron chi connectivity index (χ2n) is 2.67. The molecule has 6 heteroatoms. The largest absolute Gasteiger partial charge is 0.465 e. The van der Waals surface area contributed by atoms with Crippen LogP contribution in [-0.2, 0) is 4.74 Å². The SMILES string of the molecule is COC(=O)c1cc(F)ccc1NC(N)=O. The van der Waals surface area contributed by atoms with Crippen molar-refractivity contribution in [1.29, 1.82) is 0 Å². The molecule has 0 fully saturated rings. The first kappa shape index (κ1) is 11.0. The van der Waals surface area contributed by atoms with Crippen molar-refractivity contribution >= 4 is 17.7 Å². The van der Waals surface area contributed by atoms with Gasteiger partial charge in [0, 0.05) is 0 Å². The first-order valence-corrected chi connectivity index (χ1v) is 3.99. The summed E-state index contributed by atoms with van der Waals surface area (Å²) in [4.78, 5) is 21.8. The van der Waals surface area contributed by atoms with Crippen molar-refractivity contribution in [1.82, 2.24) is 0 Å². The van der Waals surface area contributed by atoms with Crippen LogP contribution in [0, 0.1) is 5.82 Å². The molecule has 15 heavy (non-hydrogen) atoms. The van der Waals surface area contributed by atoms with Gasteiger partial charge in [-0.3, -0.25) is 0 Å². The Morgan fingerprint density at radius 3 is 2.67 bits per heavy atom. The lowest BCUT2D eigenvalue weighted by molar-refractivity contribution is 0.0601. The van der Waals surface area contributed by atoms with Crippen molar-refractivity contribution in [3.63, 3.8) is 0 Å². The van der Waals surface area contributed by atoms with Crippen LogP contribution in [0.15, 0.2) is 18.2 Å². The molecule has 0 saturated heterocycles. The second-order valence-corrected chi connectivity index (χ2v) is 2.67. The number of urea groups is 1. The molecule has 0 aliphatic heterocycles. The van der Waals surface area contributed by atoms with Crippen molar-refractivity contribution in [3.05, 3.63) is 29.6 Å². The van der Waals surface area contributed by atoms with E-state index in [0.29, 0.717) is 0 Å². The van der Waals surface area contributed by atoms with Gasteiger partial charge in [-0.2, -0.15) is 0 Å². The third-order valence-electron chi connectivity index (χ3n) is 1.64. The van der Waals surface area contributed by atoms with Gasteiger partial charge in [-0.25, -0.2) is 14.0 Å². The average molecular weight is 212 g/mol. The summed E-state index contributed by atoms with van der Waals surface area (Å²) < 4.78 is 17.2. The number of hydrogen-bond acceptors (Lipinski definition) is 3. The van der Waals surface area contributed by atoms with Gasteiger partial charge in [0.15, 0.2) is 0 Å². The van der Waals surface area contributed by atoms with Gasteiger partial charge in [0.25, 0.3) is 0 Å². The van der Waals surface area contributed by atoms with Crippen molar-refractivity contribution in [2.24, 2.45) is 5.73 Å². The highest BCUT2D eigenvalue weighted by Crippen LogP contribution is 2.17. The lowest BCUT2D eigenvalue weighted by atomic mass is 10.1. The van der Waals surface area contributed by atoms with E-state index in [0.717, 1.165) is 19.2 Å². The topological polar surface area (TPSA) is 81.4 Å². The van der Waals surface area contributed by atoms with Crippen LogP contribution in [0.2, 0.25) is 0 Å². The van der Waals surface area contributed by atoms with Crippen molar-refractivity contribution in [2.45, 2.75) is 0 Å². The molecule has 0 heterocycles. The summed E-state index contributed by atoms with van der Waals surface area (Å²) in [5.41, 5.74) is 4.90. The van der Waals surface area contributed by atoms with Gasteiger partial charge in [-0.05, 0) is 18.2 Å². The number of halogens is 1. The molecule has 0 atom stereocenters. The third-order valence-corrected chi connectivity index (χ3v) is 1.64. The standard InChI is InChI=1S/C9H9FN2O3/c1-15-8(13)6-4-5(10)2-3-7(6)12-9(11)14/h2-4H,1H3,(H3,11,12,14). The Kier molecular flexibility index (Phi) is 3.22. The molecule has 0 aromatic heterocycles. The van der Waals surface area contributed by atoms with E-state index >= 15 is 0 Å². The minimum atomic E-state index is -0.841. The van der Waals surface area contributed by atoms with E-state index in [9.17, 15) is 14.0 Å². The van der Waals surface area contributed by atoms with Gasteiger partial charge in [0.2, 0.25) is 0 Å². The molecule has 80 valence electrons. The van der Waals surface area contributed by atoms with Crippen molar-refractivity contribution < 1.29 is 18.7 Å². The molecule has 2 amide bonds. The third kappa shape index (κ3) is 2.67. The average Bonchev–Trinajstić information content (AvgIpc) is 2.19. The molecular formula is C9H9FN2O3. The van der Waals surface area contributed by atoms with Crippen LogP contribution >= 0.6 is 0 Å². The van der Waals surface area contributed by atoms with E-state index in [1.165, 1.54) is 6.07 Å². The van der Waals surface area contributed by atoms with Crippen LogP contribution in [0.3, 0.4) is 0 Å². The van der Waals surface area contributed by atoms with E-state index < -0.39 is 17.8 Å². The Labute approximate surface area is 85.0 Å². The van der Waals surface area contributed by atoms with E-state index in [2.05, 4.69) is 10.1 Å². The Balaban J connectivity index is 3.14. The first-order valence-electron chi connectivity index (χ1n) is 3.99. The number of primary amides is 1. The highest BCUT2D eigenvalue weighted by Gasteiger charge is 2.13. The Bertz CT molecular complexity index is 406. The molecule has 1 rings (SSSR count). The molecule has 0 aliphatic rings. The molecular weight excluding hydrogens is 203 g/mol. The summed E-state index contributed by atoms with van der Waals surface area (Å²) >= 11 is 0. The lowest BCUT2D eigenvalue weighted by Crippen LogP contribution is -2.21. The summed E-state index contributed by atoms with van der Waals surface area (Å²) in [6, 6.07) is 2.44. The number of esters is 1. The number of nitrogens with two attached hydrogens (primary N) is 1. The van der Waals surface area contributed by atoms with Crippen LogP contribution in [0.25, 0.3) is 0 Å². The minimum absolute atomic E-state index is 0.0868. The molecule has 0 saturated carbocycles. The number of rotatable bonds is 2. The van der Waals surface area contributed by atoms with Gasteiger partial charge in [-0.1, -0.05) is 0 Å². The van der Waals surface area contributed by atoms with E-state index in [4.69, 9.17) is 5.73 Å². The van der Waals surface area contributed by atoms with E-state index in [1.807, 2.05) is 0 Å². The molecule has 0 spiro atoms. The summed E-state index contributed by atoms with van der Waals surface area (Å²) in [6.45, 7) is 0. The predicted molar refractivity (Wildman–Crippen MR) is 50.9 cm³/mol. The van der Waals surface area contributed by atoms with Crippen LogP contribution in [0.1, 0.15) is 10.4 Å². The van der Waals surface area contributed by atoms with Gasteiger partial charge in [0.05, 0.1) is 18.4 Å². The van der Waals surface area contributed by atoms with Crippen molar-refractivity contribution in [2.75, 3.05) is 12.4 Å². The minimum Gasteiger partial charge on any atom is -0.465 e. The quantitative estimate of drug-likeness (QED) is 0.720. The van der Waals surface area contributed by atoms with Crippen LogP contribution in [0.4, 0.5) is 14.9 Å². The Morgan fingerprint density at radius 1 is 1.47 bits per heavy atom. The van der Waals surface area contributed by atoms with Crippen molar-refractivity contribution in [3.8, 4) is 0 Å². The zero-order valence-electron chi connectivity index (χ0n) is 7.91. The number of carbonyl (C=O) groups is 2. The number of anilines is 1. The first-order chi connectivity index (χ1) is 7.04. The summed E-state index contributed by atoms with van der Waals surface area (Å²) in [5.74, 6) is -1.36. The molecule has 0 radical (unpaired) electrons. The molecule has 0 aliphatic carbocycles. The van der Waals surface area contributed by atoms with Gasteiger partial charge < -0.3 is 15.8 Å². The fourth-order valence-electron chi connectivity index (χ4n) is 1.04. The number of hydrogen-bond donors (Lipinski definition) is 2. The van der Waals surface area contributed by atoms with E-state index in [-0.39, 0.29) is 11.3 Å². The predicted octanol–water partition coefficient (Wildman–Crippen LogP) is 1.10. The molecule has 0 unspecified atom stereocenters. The zero-order chi connectivity index (χ0) is 11.4. The Hall–Kier alpha value is -2.11. The number of amides is 2. The van der Waals surface area contributed by atoms with Crippen LogP contribution in [0.5, 0.6) is 0 Å². The maximum atomic E-state index is 12.8. The summed E-state index contributed by atoms with van der Waals surface area (Å²) in [5, 5.41) is 2.19. The van der Waals surface area contributed by atoms with E-state index in [1.54, 1.807) is 0 Å². The van der Waals surface area contributed by atoms with Crippen LogP contribution in [-0.4, -0.2) is 19.1 Å². The second kappa shape index (κ2) is 4.41. The van der Waals surface area contributed by atoms with Gasteiger partial charge in [0.1, 0.15) is 5.82 Å². The smallest absolute Gasteiger partial charge is 0.340 e. The number of carbonyl (C=O) groups excluding carboxylic acids is 2. The molecule has 1 aromatic rings. The normalized spacial score (nSPS) is 9.47. The number of benzene rings is 1. The summed E-state index contributed by atoms with van der Waals surface area (Å²) in [7, 11) is 1.15. The number of ether oxygens (including phenoxy) is 1. The number of nitrogens with one attached hydrogen (secondary N) is 1. The Morgan fingerprint density at radius 2 is 2.13 bits per heavy atom. The molecule has 3 N–H and O–H groups in total. The van der Waals surface area contributed by atoms with Crippen LogP contribution < -0.4 is 11.1 Å².